The predicted octanol–water partition coefficient (Wildman–Crippen LogP) is -14.5. The van der Waals surface area contributed by atoms with Gasteiger partial charge in [0.05, 0.1) is 344 Å². The monoisotopic (exact) mass is 1660 g/mol. The second-order valence-corrected chi connectivity index (χ2v) is 28.1. The van der Waals surface area contributed by atoms with E-state index >= 15 is 0 Å². The molecule has 0 saturated carbocycles. The van der Waals surface area contributed by atoms with Crippen molar-refractivity contribution in [3.05, 3.63) is 0 Å². The molecule has 14 unspecified atom stereocenters. The second-order valence-electron chi connectivity index (χ2n) is 28.1. The molecule has 676 valence electrons. The van der Waals surface area contributed by atoms with Crippen molar-refractivity contribution in [1.29, 1.82) is 0 Å². The van der Waals surface area contributed by atoms with E-state index in [4.69, 9.17) is 80.5 Å². The first-order chi connectivity index (χ1) is 53.5. The maximum absolute atomic E-state index is 10.2. The average molecular weight is 1660 g/mol. The summed E-state index contributed by atoms with van der Waals surface area (Å²) < 4.78 is 98.6. The number of hydrogen-bond donors (Lipinski definition) is 27. The van der Waals surface area contributed by atoms with E-state index in [1.54, 1.807) is 6.92 Å². The molecule has 0 heterocycles. The van der Waals surface area contributed by atoms with Gasteiger partial charge >= 0.3 is 0 Å². The van der Waals surface area contributed by atoms with Gasteiger partial charge in [-0.1, -0.05) is 6.92 Å². The molecule has 14 atom stereocenters. The third-order valence-electron chi connectivity index (χ3n) is 15.7. The van der Waals surface area contributed by atoms with Crippen LogP contribution in [-0.4, -0.2) is 534 Å². The van der Waals surface area contributed by atoms with Crippen LogP contribution < -0.4 is 0 Å². The first kappa shape index (κ1) is 112. The van der Waals surface area contributed by atoms with Crippen LogP contribution in [0.2, 0.25) is 0 Å². The summed E-state index contributed by atoms with van der Waals surface area (Å²) in [5.41, 5.74) is -6.41. The van der Waals surface area contributed by atoms with Gasteiger partial charge in [-0.15, -0.1) is 0 Å². The third-order valence-corrected chi connectivity index (χ3v) is 15.7. The molecule has 112 heavy (non-hydrogen) atoms. The highest BCUT2D eigenvalue weighted by molar-refractivity contribution is 4.88. The van der Waals surface area contributed by atoms with Crippen molar-refractivity contribution in [2.75, 3.05) is 311 Å². The lowest BCUT2D eigenvalue weighted by molar-refractivity contribution is -0.169. The maximum Gasteiger partial charge on any atom is 0.100 e. The summed E-state index contributed by atoms with van der Waals surface area (Å²) in [5, 5.41) is 260. The minimum absolute atomic E-state index is 0.105. The Hall–Kier alpha value is -1.76. The fourth-order valence-electron chi connectivity index (χ4n) is 9.27. The fourth-order valence-corrected chi connectivity index (χ4v) is 9.27. The number of aliphatic hydroxyl groups excluding tert-OH is 27. The van der Waals surface area contributed by atoms with E-state index in [0.29, 0.717) is 6.42 Å². The van der Waals surface area contributed by atoms with Crippen molar-refractivity contribution in [2.45, 2.75) is 98.8 Å². The van der Waals surface area contributed by atoms with E-state index in [-0.39, 0.29) is 225 Å². The van der Waals surface area contributed by atoms with E-state index in [9.17, 15) is 138 Å². The molecular weight excluding hydrogens is 1520 g/mol. The molecule has 0 aliphatic carbocycles. The van der Waals surface area contributed by atoms with Crippen LogP contribution in [0.3, 0.4) is 0 Å². The summed E-state index contributed by atoms with van der Waals surface area (Å²) in [5.74, 6) is 0. The molecule has 27 N–H and O–H groups in total. The van der Waals surface area contributed by atoms with Crippen LogP contribution in [0.15, 0.2) is 0 Å². The van der Waals surface area contributed by atoms with Crippen LogP contribution in [-0.2, 0) is 80.5 Å². The number of hydrogen-bond acceptors (Lipinski definition) is 44. The molecule has 0 rings (SSSR count). The van der Waals surface area contributed by atoms with Gasteiger partial charge in [0.2, 0.25) is 0 Å². The Labute approximate surface area is 653 Å². The molecule has 0 bridgehead atoms. The fraction of sp³-hybridized carbons (Fsp3) is 1.00. The van der Waals surface area contributed by atoms with Crippen molar-refractivity contribution in [1.82, 2.24) is 0 Å². The molecule has 44 heteroatoms. The number of ether oxygens (including phenoxy) is 17. The average Bonchev–Trinajstić information content (AvgIpc) is 0.835. The van der Waals surface area contributed by atoms with E-state index < -0.39 is 198 Å². The largest absolute Gasteiger partial charge is 0.394 e. The van der Waals surface area contributed by atoms with Gasteiger partial charge in [0, 0.05) is 0 Å². The third kappa shape index (κ3) is 56.6. The Morgan fingerprint density at radius 2 is 0.223 bits per heavy atom. The zero-order valence-electron chi connectivity index (χ0n) is 64.5. The molecule has 0 aliphatic rings. The summed E-state index contributed by atoms with van der Waals surface area (Å²) >= 11 is 0. The van der Waals surface area contributed by atoms with Crippen LogP contribution in [0.25, 0.3) is 0 Å². The quantitative estimate of drug-likeness (QED) is 0.0269. The smallest absolute Gasteiger partial charge is 0.100 e. The first-order valence-electron chi connectivity index (χ1n) is 36.7. The van der Waals surface area contributed by atoms with Crippen molar-refractivity contribution in [3.8, 4) is 0 Å². The van der Waals surface area contributed by atoms with E-state index in [1.165, 1.54) is 0 Å². The standard InChI is InChI=1S/C40H82O25.C28H58O19/c1-2-30(48)10-56-18-38(19-57-11-31(49)3-41,20-58-12-32(50)4-42)26-64-28-40(24-62-16-36(54)8-46,25-63-17-37(55)9-47)29-65-27-39(21-59-13-33(51)5-43,22-60-14-34(52)6-44)23-61-15-35(53)7-45;29-1-21(35)7-41-13-27(14-42-8-22(36)2-30,15-43-9-23(37)3-31)19-47-20-28(16-44-10-24(38)4-32,17-45-11-25(39)5-33)18-46-12-26(40)6-34/h30-37,41-55H,2-29H2,1H3;21-26,29-40H,1-20H2. The molecule has 0 radical (unpaired) electrons. The van der Waals surface area contributed by atoms with E-state index in [0.717, 1.165) is 0 Å². The van der Waals surface area contributed by atoms with Crippen LogP contribution in [0.5, 0.6) is 0 Å². The molecule has 0 fully saturated rings. The molecule has 0 spiro atoms. The summed E-state index contributed by atoms with van der Waals surface area (Å²) in [6.45, 7) is -15.4. The maximum atomic E-state index is 10.2. The van der Waals surface area contributed by atoms with Gasteiger partial charge in [-0.25, -0.2) is 0 Å². The van der Waals surface area contributed by atoms with Crippen molar-refractivity contribution < 1.29 is 218 Å². The number of rotatable bonds is 82. The first-order valence-corrected chi connectivity index (χ1v) is 36.7. The van der Waals surface area contributed by atoms with Gasteiger partial charge in [0.25, 0.3) is 0 Å². The lowest BCUT2D eigenvalue weighted by Crippen LogP contribution is -2.48. The minimum atomic E-state index is -1.39. The molecule has 0 aliphatic heterocycles. The van der Waals surface area contributed by atoms with Crippen LogP contribution >= 0.6 is 0 Å². The summed E-state index contributed by atoms with van der Waals surface area (Å²) in [4.78, 5) is 0. The normalized spacial score (nSPS) is 18.8. The topological polar surface area (TPSA) is 703 Å². The SMILES string of the molecule is CCC(O)COCC(COCC(O)CO)(COCC(O)CO)COCC(COCC(O)CO)(COCC(O)CO)COCC(COCC(O)CO)(COCC(O)CO)COCC(O)CO.OCC(O)COCC(COCC(O)CO)(COCC(O)CO)COCC(COCC(O)CO)(COCC(O)CO)COCC(O)CO. The van der Waals surface area contributed by atoms with Gasteiger partial charge in [-0.2, -0.15) is 0 Å². The summed E-state index contributed by atoms with van der Waals surface area (Å²) in [6, 6.07) is 0. The molecule has 0 amide bonds. The van der Waals surface area contributed by atoms with Gasteiger partial charge in [0.1, 0.15) is 79.4 Å². The highest BCUT2D eigenvalue weighted by Gasteiger charge is 2.42. The zero-order valence-corrected chi connectivity index (χ0v) is 64.5. The summed E-state index contributed by atoms with van der Waals surface area (Å²) in [7, 11) is 0. The van der Waals surface area contributed by atoms with Crippen molar-refractivity contribution in [3.63, 3.8) is 0 Å². The molecule has 44 nitrogen and oxygen atoms in total. The van der Waals surface area contributed by atoms with Gasteiger partial charge in [0.15, 0.2) is 0 Å². The Morgan fingerprint density at radius 3 is 0.304 bits per heavy atom. The van der Waals surface area contributed by atoms with Crippen LogP contribution in [0.4, 0.5) is 0 Å². The van der Waals surface area contributed by atoms with Crippen LogP contribution in [0.1, 0.15) is 13.3 Å². The minimum Gasteiger partial charge on any atom is -0.394 e. The van der Waals surface area contributed by atoms with Gasteiger partial charge in [-0.3, -0.25) is 0 Å². The summed E-state index contributed by atoms with van der Waals surface area (Å²) in [6.07, 6.45) is -16.6. The second kappa shape index (κ2) is 70.0. The Balaban J connectivity index is 0. The van der Waals surface area contributed by atoms with Crippen LogP contribution in [0, 0.1) is 27.1 Å². The Kier molecular flexibility index (Phi) is 70.2. The number of aliphatic hydroxyl groups is 27. The molecular formula is C68H140O44. The predicted molar refractivity (Wildman–Crippen MR) is 383 cm³/mol. The molecule has 0 aromatic heterocycles. The van der Waals surface area contributed by atoms with Gasteiger partial charge < -0.3 is 218 Å². The van der Waals surface area contributed by atoms with Gasteiger partial charge in [-0.05, 0) is 6.42 Å². The molecule has 0 aromatic carbocycles. The van der Waals surface area contributed by atoms with E-state index in [2.05, 4.69) is 0 Å². The van der Waals surface area contributed by atoms with Crippen molar-refractivity contribution >= 4 is 0 Å². The van der Waals surface area contributed by atoms with Crippen molar-refractivity contribution in [2.24, 2.45) is 27.1 Å². The lowest BCUT2D eigenvalue weighted by Gasteiger charge is -2.38. The highest BCUT2D eigenvalue weighted by Crippen LogP contribution is 2.30. The Bertz CT molecular complexity index is 1740. The lowest BCUT2D eigenvalue weighted by atomic mass is 9.89. The Morgan fingerprint density at radius 1 is 0.143 bits per heavy atom. The van der Waals surface area contributed by atoms with E-state index in [1.807, 2.05) is 0 Å². The molecule has 0 aromatic rings. The molecule has 0 saturated heterocycles. The zero-order chi connectivity index (χ0) is 84.5. The highest BCUT2D eigenvalue weighted by atomic mass is 16.6.